The highest BCUT2D eigenvalue weighted by Gasteiger charge is 2.41. The fraction of sp³-hybridized carbons (Fsp3) is 0.389. The van der Waals surface area contributed by atoms with Gasteiger partial charge in [0.15, 0.2) is 5.17 Å². The molecule has 0 aliphatic carbocycles. The van der Waals surface area contributed by atoms with Gasteiger partial charge in [0.25, 0.3) is 0 Å². The largest absolute Gasteiger partial charge is 0.497 e. The number of carbonyl (C=O) groups is 2. The summed E-state index contributed by atoms with van der Waals surface area (Å²) in [6.07, 6.45) is 0. The molecular weight excluding hydrogens is 356 g/mol. The van der Waals surface area contributed by atoms with E-state index in [2.05, 4.69) is 4.99 Å². The van der Waals surface area contributed by atoms with Crippen LogP contribution in [0.1, 0.15) is 25.5 Å². The molecule has 0 unspecified atom stereocenters. The minimum absolute atomic E-state index is 0.0934. The van der Waals surface area contributed by atoms with E-state index in [1.165, 1.54) is 16.7 Å². The summed E-state index contributed by atoms with van der Waals surface area (Å²) in [5.74, 6) is 0.919. The van der Waals surface area contributed by atoms with Gasteiger partial charge in [-0.2, -0.15) is 0 Å². The third kappa shape index (κ3) is 3.05. The Bertz CT molecular complexity index is 818. The molecule has 8 heteroatoms. The van der Waals surface area contributed by atoms with Gasteiger partial charge in [0.2, 0.25) is 5.91 Å². The first kappa shape index (κ1) is 18.3. The van der Waals surface area contributed by atoms with Crippen molar-refractivity contribution in [1.82, 2.24) is 4.90 Å². The second-order valence-corrected chi connectivity index (χ2v) is 6.60. The molecule has 138 valence electrons. The van der Waals surface area contributed by atoms with Crippen LogP contribution in [0.3, 0.4) is 0 Å². The minimum Gasteiger partial charge on any atom is -0.497 e. The Morgan fingerprint density at radius 2 is 2.12 bits per heavy atom. The van der Waals surface area contributed by atoms with Gasteiger partial charge in [-0.1, -0.05) is 11.8 Å². The van der Waals surface area contributed by atoms with Gasteiger partial charge in [0, 0.05) is 11.3 Å². The van der Waals surface area contributed by atoms with Gasteiger partial charge in [-0.05, 0) is 32.0 Å². The second-order valence-electron chi connectivity index (χ2n) is 5.66. The molecule has 0 radical (unpaired) electrons. The summed E-state index contributed by atoms with van der Waals surface area (Å²) in [6, 6.07) is 4.70. The summed E-state index contributed by atoms with van der Waals surface area (Å²) in [6.45, 7) is 3.71. The molecule has 0 bridgehead atoms. The number of amidine groups is 1. The van der Waals surface area contributed by atoms with Crippen molar-refractivity contribution >= 4 is 28.8 Å². The van der Waals surface area contributed by atoms with Gasteiger partial charge in [-0.25, -0.2) is 9.79 Å². The quantitative estimate of drug-likeness (QED) is 0.735. The molecule has 1 aromatic rings. The summed E-state index contributed by atoms with van der Waals surface area (Å²) >= 11 is 1.36. The third-order valence-corrected chi connectivity index (χ3v) is 5.17. The number of ether oxygens (including phenoxy) is 3. The van der Waals surface area contributed by atoms with Crippen molar-refractivity contribution in [2.75, 3.05) is 26.6 Å². The van der Waals surface area contributed by atoms with Gasteiger partial charge in [0.05, 0.1) is 32.2 Å². The fourth-order valence-electron chi connectivity index (χ4n) is 3.03. The molecule has 1 aromatic carbocycles. The van der Waals surface area contributed by atoms with Gasteiger partial charge in [-0.15, -0.1) is 0 Å². The van der Waals surface area contributed by atoms with E-state index >= 15 is 0 Å². The van der Waals surface area contributed by atoms with Crippen LogP contribution in [0.2, 0.25) is 0 Å². The number of fused-ring (bicyclic) bond motifs is 1. The van der Waals surface area contributed by atoms with Crippen LogP contribution in [-0.4, -0.2) is 48.5 Å². The van der Waals surface area contributed by atoms with Crippen molar-refractivity contribution in [3.63, 3.8) is 0 Å². The van der Waals surface area contributed by atoms with Crippen molar-refractivity contribution in [3.05, 3.63) is 35.0 Å². The van der Waals surface area contributed by atoms with Gasteiger partial charge < -0.3 is 14.2 Å². The minimum atomic E-state index is -0.635. The second kappa shape index (κ2) is 7.41. The highest BCUT2D eigenvalue weighted by atomic mass is 32.2. The number of hydrogen-bond acceptors (Lipinski definition) is 7. The molecule has 2 aliphatic heterocycles. The van der Waals surface area contributed by atoms with E-state index in [1.807, 2.05) is 0 Å². The van der Waals surface area contributed by atoms with Crippen LogP contribution in [0.5, 0.6) is 11.5 Å². The van der Waals surface area contributed by atoms with Crippen LogP contribution in [0, 0.1) is 0 Å². The zero-order valence-electron chi connectivity index (χ0n) is 15.1. The number of thioether (sulfide) groups is 1. The molecule has 2 aliphatic rings. The third-order valence-electron chi connectivity index (χ3n) is 4.23. The van der Waals surface area contributed by atoms with Crippen LogP contribution in [0.4, 0.5) is 0 Å². The van der Waals surface area contributed by atoms with E-state index in [4.69, 9.17) is 14.2 Å². The molecule has 0 saturated carbocycles. The Hall–Kier alpha value is -2.48. The first-order valence-corrected chi connectivity index (χ1v) is 9.13. The van der Waals surface area contributed by atoms with Crippen molar-refractivity contribution in [1.29, 1.82) is 0 Å². The first-order valence-electron chi connectivity index (χ1n) is 8.15. The van der Waals surface area contributed by atoms with E-state index in [9.17, 15) is 9.59 Å². The number of hydrogen-bond donors (Lipinski definition) is 0. The normalized spacial score (nSPS) is 19.2. The predicted octanol–water partition coefficient (Wildman–Crippen LogP) is 2.53. The number of nitrogens with zero attached hydrogens (tertiary/aromatic N) is 2. The van der Waals surface area contributed by atoms with Gasteiger partial charge in [-0.3, -0.25) is 9.69 Å². The number of benzene rings is 1. The molecule has 0 spiro atoms. The van der Waals surface area contributed by atoms with Crippen molar-refractivity contribution in [2.24, 2.45) is 4.99 Å². The van der Waals surface area contributed by atoms with Crippen molar-refractivity contribution in [3.8, 4) is 11.5 Å². The van der Waals surface area contributed by atoms with Crippen LogP contribution in [0.15, 0.2) is 34.5 Å². The maximum atomic E-state index is 12.7. The SMILES string of the molecule is CCOC(=O)C1=C(C)N2C(=O)CSC2=N[C@@H]1c1cc(OC)ccc1OC. The lowest BCUT2D eigenvalue weighted by Gasteiger charge is -2.29. The molecule has 3 rings (SSSR count). The number of methoxy groups -OCH3 is 2. The smallest absolute Gasteiger partial charge is 0.338 e. The van der Waals surface area contributed by atoms with E-state index < -0.39 is 12.0 Å². The lowest BCUT2D eigenvalue weighted by atomic mass is 9.95. The number of allylic oxidation sites excluding steroid dienone is 1. The monoisotopic (exact) mass is 376 g/mol. The molecule has 1 atom stereocenters. The van der Waals surface area contributed by atoms with E-state index in [0.29, 0.717) is 39.3 Å². The molecule has 0 aromatic heterocycles. The van der Waals surface area contributed by atoms with Gasteiger partial charge >= 0.3 is 5.97 Å². The van der Waals surface area contributed by atoms with Crippen LogP contribution < -0.4 is 9.47 Å². The Morgan fingerprint density at radius 3 is 2.77 bits per heavy atom. The Morgan fingerprint density at radius 1 is 1.35 bits per heavy atom. The average molecular weight is 376 g/mol. The standard InChI is InChI=1S/C18H20N2O5S/c1-5-25-17(22)15-10(2)20-14(21)9-26-18(20)19-16(15)12-8-11(23-3)6-7-13(12)24-4/h6-8,16H,5,9H2,1-4H3/t16-/m1/s1. The van der Waals surface area contributed by atoms with E-state index in [1.54, 1.807) is 46.3 Å². The summed E-state index contributed by atoms with van der Waals surface area (Å²) in [5, 5.41) is 0.579. The summed E-state index contributed by atoms with van der Waals surface area (Å²) in [7, 11) is 3.13. The number of esters is 1. The highest BCUT2D eigenvalue weighted by Crippen LogP contribution is 2.43. The summed E-state index contributed by atoms with van der Waals surface area (Å²) in [4.78, 5) is 31.0. The van der Waals surface area contributed by atoms with Crippen molar-refractivity contribution in [2.45, 2.75) is 19.9 Å². The number of carbonyl (C=O) groups excluding carboxylic acids is 2. The predicted molar refractivity (Wildman–Crippen MR) is 98.4 cm³/mol. The number of aliphatic imine (C=N–C) groups is 1. The van der Waals surface area contributed by atoms with Crippen LogP contribution in [-0.2, 0) is 14.3 Å². The lowest BCUT2D eigenvalue weighted by Crippen LogP contribution is -2.35. The number of amides is 1. The Labute approximate surface area is 156 Å². The zero-order valence-corrected chi connectivity index (χ0v) is 15.9. The molecule has 1 amide bonds. The topological polar surface area (TPSA) is 77.4 Å². The van der Waals surface area contributed by atoms with Gasteiger partial charge in [0.1, 0.15) is 17.5 Å². The lowest BCUT2D eigenvalue weighted by molar-refractivity contribution is -0.139. The Balaban J connectivity index is 2.18. The maximum absolute atomic E-state index is 12.7. The maximum Gasteiger partial charge on any atom is 0.338 e. The van der Waals surface area contributed by atoms with E-state index in [0.717, 1.165) is 0 Å². The summed E-state index contributed by atoms with van der Waals surface area (Å²) < 4.78 is 16.0. The molecule has 26 heavy (non-hydrogen) atoms. The fourth-order valence-corrected chi connectivity index (χ4v) is 3.96. The molecule has 1 fully saturated rings. The van der Waals surface area contributed by atoms with Crippen LogP contribution in [0.25, 0.3) is 0 Å². The first-order chi connectivity index (χ1) is 12.5. The highest BCUT2D eigenvalue weighted by molar-refractivity contribution is 8.15. The molecule has 1 saturated heterocycles. The summed E-state index contributed by atoms with van der Waals surface area (Å²) in [5.41, 5.74) is 1.55. The van der Waals surface area contributed by atoms with E-state index in [-0.39, 0.29) is 12.5 Å². The average Bonchev–Trinajstić information content (AvgIpc) is 3.02. The molecule has 2 heterocycles. The molecular formula is C18H20N2O5S. The Kier molecular flexibility index (Phi) is 5.22. The molecule has 7 nitrogen and oxygen atoms in total. The van der Waals surface area contributed by atoms with Crippen molar-refractivity contribution < 1.29 is 23.8 Å². The zero-order chi connectivity index (χ0) is 18.8. The van der Waals surface area contributed by atoms with Crippen LogP contribution >= 0.6 is 11.8 Å². The number of rotatable bonds is 5. The molecule has 0 N–H and O–H groups in total.